The van der Waals surface area contributed by atoms with Crippen LogP contribution in [0.3, 0.4) is 0 Å². The molecule has 0 amide bonds. The SMILES string of the molecule is COCCN=C(NC(=S)Nc1ccc(F)cc1)Nc1nc(C)cc(C)n1. The van der Waals surface area contributed by atoms with E-state index in [0.717, 1.165) is 11.4 Å². The fourth-order valence-electron chi connectivity index (χ4n) is 2.05. The molecule has 0 bridgehead atoms. The summed E-state index contributed by atoms with van der Waals surface area (Å²) in [4.78, 5) is 13.0. The van der Waals surface area contributed by atoms with Crippen LogP contribution in [0.15, 0.2) is 35.3 Å². The lowest BCUT2D eigenvalue weighted by atomic mass is 10.3. The van der Waals surface area contributed by atoms with Crippen LogP contribution < -0.4 is 16.0 Å². The molecule has 0 fully saturated rings. The fraction of sp³-hybridized carbons (Fsp3) is 0.294. The number of aryl methyl sites for hydroxylation is 2. The van der Waals surface area contributed by atoms with Gasteiger partial charge in [-0.3, -0.25) is 10.3 Å². The molecule has 0 saturated carbocycles. The summed E-state index contributed by atoms with van der Waals surface area (Å²) < 4.78 is 18.0. The molecule has 0 radical (unpaired) electrons. The van der Waals surface area contributed by atoms with Crippen LogP contribution in [0.5, 0.6) is 0 Å². The molecule has 0 aliphatic heterocycles. The van der Waals surface area contributed by atoms with Gasteiger partial charge in [-0.25, -0.2) is 14.4 Å². The Labute approximate surface area is 157 Å². The molecule has 7 nitrogen and oxygen atoms in total. The van der Waals surface area contributed by atoms with Crippen molar-refractivity contribution in [1.29, 1.82) is 0 Å². The number of methoxy groups -OCH3 is 1. The average molecular weight is 376 g/mol. The minimum Gasteiger partial charge on any atom is -0.383 e. The highest BCUT2D eigenvalue weighted by molar-refractivity contribution is 7.80. The molecule has 0 spiro atoms. The molecule has 26 heavy (non-hydrogen) atoms. The predicted octanol–water partition coefficient (Wildman–Crippen LogP) is 2.63. The van der Waals surface area contributed by atoms with Crippen LogP contribution in [0, 0.1) is 19.7 Å². The zero-order chi connectivity index (χ0) is 18.9. The van der Waals surface area contributed by atoms with Gasteiger partial charge in [-0.1, -0.05) is 0 Å². The van der Waals surface area contributed by atoms with Gasteiger partial charge < -0.3 is 15.4 Å². The van der Waals surface area contributed by atoms with E-state index in [1.807, 2.05) is 19.9 Å². The highest BCUT2D eigenvalue weighted by atomic mass is 32.1. The molecule has 0 aliphatic rings. The smallest absolute Gasteiger partial charge is 0.229 e. The van der Waals surface area contributed by atoms with Gasteiger partial charge in [-0.15, -0.1) is 0 Å². The molecule has 0 unspecified atom stereocenters. The number of hydrogen-bond acceptors (Lipinski definition) is 5. The zero-order valence-electron chi connectivity index (χ0n) is 14.8. The maximum Gasteiger partial charge on any atom is 0.229 e. The molecular weight excluding hydrogens is 355 g/mol. The monoisotopic (exact) mass is 376 g/mol. The molecule has 3 N–H and O–H groups in total. The number of anilines is 2. The summed E-state index contributed by atoms with van der Waals surface area (Å²) in [5.74, 6) is 0.479. The third-order valence-corrected chi connectivity index (χ3v) is 3.32. The second-order valence-electron chi connectivity index (χ2n) is 5.41. The van der Waals surface area contributed by atoms with E-state index in [0.29, 0.717) is 35.9 Å². The van der Waals surface area contributed by atoms with Crippen molar-refractivity contribution in [1.82, 2.24) is 15.3 Å². The van der Waals surface area contributed by atoms with Crippen molar-refractivity contribution in [2.45, 2.75) is 13.8 Å². The van der Waals surface area contributed by atoms with Gasteiger partial charge >= 0.3 is 0 Å². The van der Waals surface area contributed by atoms with E-state index in [9.17, 15) is 4.39 Å². The number of ether oxygens (including phenoxy) is 1. The second-order valence-corrected chi connectivity index (χ2v) is 5.82. The van der Waals surface area contributed by atoms with Crippen molar-refractivity contribution < 1.29 is 9.13 Å². The number of guanidine groups is 1. The molecule has 138 valence electrons. The fourth-order valence-corrected chi connectivity index (χ4v) is 2.26. The maximum absolute atomic E-state index is 13.0. The normalized spacial score (nSPS) is 11.2. The predicted molar refractivity (Wildman–Crippen MR) is 105 cm³/mol. The lowest BCUT2D eigenvalue weighted by Gasteiger charge is -2.14. The van der Waals surface area contributed by atoms with Crippen LogP contribution in [0.4, 0.5) is 16.0 Å². The largest absolute Gasteiger partial charge is 0.383 e. The van der Waals surface area contributed by atoms with Crippen molar-refractivity contribution in [3.05, 3.63) is 47.5 Å². The Bertz CT molecular complexity index is 761. The van der Waals surface area contributed by atoms with Crippen LogP contribution in [0.2, 0.25) is 0 Å². The van der Waals surface area contributed by atoms with Crippen LogP contribution in [-0.4, -0.2) is 41.3 Å². The first-order valence-electron chi connectivity index (χ1n) is 7.92. The standard InChI is InChI=1S/C17H21FN6OS/c1-11-10-12(2)21-16(20-11)23-15(19-8-9-25-3)24-17(26)22-14-6-4-13(18)5-7-14/h4-7,10H,8-9H2,1-3H3,(H3,19,20,21,22,23,24,26). The number of nitrogens with one attached hydrogen (secondary N) is 3. The van der Waals surface area contributed by atoms with Gasteiger partial charge in [0.1, 0.15) is 5.82 Å². The topological polar surface area (TPSA) is 83.5 Å². The number of halogens is 1. The highest BCUT2D eigenvalue weighted by Crippen LogP contribution is 2.08. The number of benzene rings is 1. The Kier molecular flexibility index (Phi) is 7.37. The molecular formula is C17H21FN6OS. The molecule has 0 aliphatic carbocycles. The Morgan fingerprint density at radius 2 is 1.81 bits per heavy atom. The summed E-state index contributed by atoms with van der Waals surface area (Å²) in [6, 6.07) is 7.75. The van der Waals surface area contributed by atoms with E-state index in [1.165, 1.54) is 12.1 Å². The average Bonchev–Trinajstić information content (AvgIpc) is 2.56. The van der Waals surface area contributed by atoms with Crippen molar-refractivity contribution in [2.75, 3.05) is 30.9 Å². The van der Waals surface area contributed by atoms with Crippen LogP contribution in [0.25, 0.3) is 0 Å². The van der Waals surface area contributed by atoms with Crippen molar-refractivity contribution in [3.63, 3.8) is 0 Å². The molecule has 0 saturated heterocycles. The van der Waals surface area contributed by atoms with E-state index < -0.39 is 0 Å². The first-order valence-corrected chi connectivity index (χ1v) is 8.33. The minimum atomic E-state index is -0.315. The Balaban J connectivity index is 2.07. The quantitative estimate of drug-likeness (QED) is 0.320. The maximum atomic E-state index is 13.0. The number of thiocarbonyl (C=S) groups is 1. The van der Waals surface area contributed by atoms with E-state index >= 15 is 0 Å². The third kappa shape index (κ3) is 6.69. The van der Waals surface area contributed by atoms with Gasteiger partial charge in [0.15, 0.2) is 5.11 Å². The van der Waals surface area contributed by atoms with Gasteiger partial charge in [0.2, 0.25) is 11.9 Å². The molecule has 1 aromatic carbocycles. The van der Waals surface area contributed by atoms with Crippen molar-refractivity contribution in [3.8, 4) is 0 Å². The summed E-state index contributed by atoms with van der Waals surface area (Å²) in [5.41, 5.74) is 2.33. The van der Waals surface area contributed by atoms with Gasteiger partial charge in [-0.2, -0.15) is 0 Å². The molecule has 9 heteroatoms. The highest BCUT2D eigenvalue weighted by Gasteiger charge is 2.07. The van der Waals surface area contributed by atoms with Crippen molar-refractivity contribution >= 4 is 34.9 Å². The molecule has 1 heterocycles. The number of hydrogen-bond donors (Lipinski definition) is 3. The summed E-state index contributed by atoms with van der Waals surface area (Å²) in [6.45, 7) is 4.65. The number of aromatic nitrogens is 2. The Morgan fingerprint density at radius 1 is 1.15 bits per heavy atom. The minimum absolute atomic E-state index is 0.296. The van der Waals surface area contributed by atoms with E-state index in [-0.39, 0.29) is 5.82 Å². The number of aliphatic imine (C=N–C) groups is 1. The number of rotatable bonds is 5. The van der Waals surface area contributed by atoms with Crippen LogP contribution in [0.1, 0.15) is 11.4 Å². The summed E-state index contributed by atoms with van der Waals surface area (Å²) in [6.07, 6.45) is 0. The zero-order valence-corrected chi connectivity index (χ0v) is 15.7. The van der Waals surface area contributed by atoms with Gasteiger partial charge in [0.05, 0.1) is 13.2 Å². The Hall–Kier alpha value is -2.65. The van der Waals surface area contributed by atoms with Gasteiger partial charge in [0.25, 0.3) is 0 Å². The van der Waals surface area contributed by atoms with Gasteiger partial charge in [0, 0.05) is 24.2 Å². The number of nitrogens with zero attached hydrogens (tertiary/aromatic N) is 3. The molecule has 2 aromatic rings. The Morgan fingerprint density at radius 3 is 2.42 bits per heavy atom. The van der Waals surface area contributed by atoms with Gasteiger partial charge in [-0.05, 0) is 56.4 Å². The van der Waals surface area contributed by atoms with E-state index in [2.05, 4.69) is 30.9 Å². The van der Waals surface area contributed by atoms with Crippen LogP contribution >= 0.6 is 12.2 Å². The molecule has 2 rings (SSSR count). The van der Waals surface area contributed by atoms with Crippen molar-refractivity contribution in [2.24, 2.45) is 4.99 Å². The second kappa shape index (κ2) is 9.73. The first-order chi connectivity index (χ1) is 12.5. The van der Waals surface area contributed by atoms with Crippen LogP contribution in [-0.2, 0) is 4.74 Å². The summed E-state index contributed by atoms with van der Waals surface area (Å²) >= 11 is 5.28. The lowest BCUT2D eigenvalue weighted by Crippen LogP contribution is -2.39. The third-order valence-electron chi connectivity index (χ3n) is 3.11. The van der Waals surface area contributed by atoms with E-state index in [4.69, 9.17) is 17.0 Å². The summed E-state index contributed by atoms with van der Waals surface area (Å²) in [7, 11) is 1.60. The molecule has 0 atom stereocenters. The van der Waals surface area contributed by atoms with E-state index in [1.54, 1.807) is 19.2 Å². The lowest BCUT2D eigenvalue weighted by molar-refractivity contribution is 0.208. The first kappa shape index (κ1) is 19.7. The summed E-state index contributed by atoms with van der Waals surface area (Å²) in [5, 5.41) is 9.23. The molecule has 1 aromatic heterocycles.